The molecule has 1 N–H and O–H groups in total. The lowest BCUT2D eigenvalue weighted by molar-refractivity contribution is -0.605. The SMILES string of the molecule is CCCCN1C(=O)[C@H](CC2CCCCC2)NC(=O)C12CCN(Cc1ccc(Oc3ccc[n+]([O-])c3)cc1)CC2. The molecule has 2 saturated heterocycles. The molecular weight excluding hydrogens is 492 g/mol. The third kappa shape index (κ3) is 6.38. The Balaban J connectivity index is 1.20. The van der Waals surface area contributed by atoms with Crippen LogP contribution < -0.4 is 14.8 Å². The van der Waals surface area contributed by atoms with Crippen LogP contribution in [0.1, 0.15) is 76.7 Å². The molecule has 1 atom stereocenters. The fourth-order valence-corrected chi connectivity index (χ4v) is 6.56. The van der Waals surface area contributed by atoms with E-state index < -0.39 is 5.54 Å². The number of piperidine rings is 1. The summed E-state index contributed by atoms with van der Waals surface area (Å²) >= 11 is 0. The molecule has 1 aromatic carbocycles. The zero-order valence-electron chi connectivity index (χ0n) is 23.1. The molecule has 1 aliphatic carbocycles. The van der Waals surface area contributed by atoms with Crippen LogP contribution in [0.3, 0.4) is 0 Å². The Kier molecular flexibility index (Phi) is 8.70. The monoisotopic (exact) mass is 534 g/mol. The van der Waals surface area contributed by atoms with Crippen molar-refractivity contribution >= 4 is 11.8 Å². The van der Waals surface area contributed by atoms with Gasteiger partial charge in [-0.3, -0.25) is 14.5 Å². The molecule has 1 saturated carbocycles. The summed E-state index contributed by atoms with van der Waals surface area (Å²) in [5.41, 5.74) is 0.433. The first-order valence-electron chi connectivity index (χ1n) is 14.8. The first-order chi connectivity index (χ1) is 19.0. The molecule has 3 fully saturated rings. The first-order valence-corrected chi connectivity index (χ1v) is 14.8. The number of likely N-dealkylation sites (tertiary alicyclic amines) is 1. The summed E-state index contributed by atoms with van der Waals surface area (Å²) in [5, 5.41) is 14.7. The van der Waals surface area contributed by atoms with Crippen molar-refractivity contribution in [1.29, 1.82) is 0 Å². The zero-order chi connectivity index (χ0) is 27.2. The average Bonchev–Trinajstić information content (AvgIpc) is 2.94. The number of ether oxygens (including phenoxy) is 1. The largest absolute Gasteiger partial charge is 0.619 e. The number of benzene rings is 1. The zero-order valence-corrected chi connectivity index (χ0v) is 23.1. The lowest BCUT2D eigenvalue weighted by Gasteiger charge is -2.52. The molecule has 8 heteroatoms. The van der Waals surface area contributed by atoms with Crippen LogP contribution in [0, 0.1) is 11.1 Å². The van der Waals surface area contributed by atoms with Crippen LogP contribution >= 0.6 is 0 Å². The van der Waals surface area contributed by atoms with Gasteiger partial charge in [0.15, 0.2) is 11.9 Å². The standard InChI is InChI=1S/C31H42N4O4/c1-2-3-18-35-29(36)28(21-24-8-5-4-6-9-24)32-30(37)31(35)15-19-33(20-16-31)22-25-11-13-26(14-12-25)39-27-10-7-17-34(38)23-27/h7,10-14,17,23-24,28H,2-6,8-9,15-16,18-22H2,1H3,(H,32,37)/t28-/m0/s1. The Hall–Kier alpha value is -3.13. The van der Waals surface area contributed by atoms with Crippen molar-refractivity contribution in [3.63, 3.8) is 0 Å². The van der Waals surface area contributed by atoms with Crippen molar-refractivity contribution in [2.45, 2.75) is 89.3 Å². The normalized spacial score (nSPS) is 22.2. The van der Waals surface area contributed by atoms with Gasteiger partial charge in [0.05, 0.1) is 0 Å². The van der Waals surface area contributed by atoms with Crippen LogP contribution in [-0.4, -0.2) is 52.8 Å². The van der Waals surface area contributed by atoms with Gasteiger partial charge in [0.2, 0.25) is 18.0 Å². The number of rotatable bonds is 9. The van der Waals surface area contributed by atoms with E-state index in [4.69, 9.17) is 4.74 Å². The molecule has 2 aliphatic heterocycles. The van der Waals surface area contributed by atoms with Crippen LogP contribution in [0.2, 0.25) is 0 Å². The third-order valence-electron chi connectivity index (χ3n) is 8.83. The minimum Gasteiger partial charge on any atom is -0.619 e. The molecule has 1 aromatic heterocycles. The van der Waals surface area contributed by atoms with E-state index in [2.05, 4.69) is 17.1 Å². The molecule has 2 aromatic rings. The Morgan fingerprint density at radius 2 is 1.79 bits per heavy atom. The number of nitrogens with zero attached hydrogens (tertiary/aromatic N) is 3. The highest BCUT2D eigenvalue weighted by atomic mass is 16.5. The third-order valence-corrected chi connectivity index (χ3v) is 8.83. The lowest BCUT2D eigenvalue weighted by atomic mass is 9.79. The van der Waals surface area contributed by atoms with E-state index in [0.717, 1.165) is 44.5 Å². The number of nitrogens with one attached hydrogen (secondary N) is 1. The molecule has 3 heterocycles. The fraction of sp³-hybridized carbons (Fsp3) is 0.581. The molecule has 1 spiro atoms. The molecular formula is C31H42N4O4. The number of aromatic nitrogens is 1. The minimum absolute atomic E-state index is 0.0560. The Labute approximate surface area is 231 Å². The van der Waals surface area contributed by atoms with Gasteiger partial charge in [0.25, 0.3) is 0 Å². The molecule has 0 radical (unpaired) electrons. The van der Waals surface area contributed by atoms with E-state index in [0.29, 0.717) is 41.5 Å². The number of carbonyl (C=O) groups is 2. The van der Waals surface area contributed by atoms with Crippen molar-refractivity contribution in [3.8, 4) is 11.5 Å². The molecule has 2 amide bonds. The van der Waals surface area contributed by atoms with Gasteiger partial charge < -0.3 is 20.2 Å². The van der Waals surface area contributed by atoms with Gasteiger partial charge in [-0.05, 0) is 55.4 Å². The highest BCUT2D eigenvalue weighted by molar-refractivity contribution is 6.00. The lowest BCUT2D eigenvalue weighted by Crippen LogP contribution is -2.73. The van der Waals surface area contributed by atoms with E-state index in [-0.39, 0.29) is 17.9 Å². The maximum atomic E-state index is 13.7. The van der Waals surface area contributed by atoms with E-state index in [1.807, 2.05) is 29.2 Å². The molecule has 5 rings (SSSR count). The topological polar surface area (TPSA) is 88.8 Å². The number of hydrogen-bond acceptors (Lipinski definition) is 5. The highest BCUT2D eigenvalue weighted by Gasteiger charge is 2.53. The first kappa shape index (κ1) is 27.4. The molecule has 39 heavy (non-hydrogen) atoms. The number of hydrogen-bond donors (Lipinski definition) is 1. The minimum atomic E-state index is -0.725. The number of carbonyl (C=O) groups excluding carboxylic acids is 2. The van der Waals surface area contributed by atoms with E-state index in [9.17, 15) is 14.8 Å². The Morgan fingerprint density at radius 3 is 2.49 bits per heavy atom. The molecule has 8 nitrogen and oxygen atoms in total. The second kappa shape index (κ2) is 12.4. The average molecular weight is 535 g/mol. The van der Waals surface area contributed by atoms with Crippen molar-refractivity contribution in [3.05, 3.63) is 59.6 Å². The van der Waals surface area contributed by atoms with Gasteiger partial charge in [0.1, 0.15) is 17.3 Å². The maximum absolute atomic E-state index is 13.7. The van der Waals surface area contributed by atoms with E-state index in [1.54, 1.807) is 12.1 Å². The number of pyridine rings is 1. The maximum Gasteiger partial charge on any atom is 0.246 e. The second-order valence-corrected chi connectivity index (χ2v) is 11.6. The van der Waals surface area contributed by atoms with Crippen molar-refractivity contribution < 1.29 is 19.1 Å². The van der Waals surface area contributed by atoms with Gasteiger partial charge in [-0.2, -0.15) is 4.73 Å². The summed E-state index contributed by atoms with van der Waals surface area (Å²) in [6.45, 7) is 5.11. The van der Waals surface area contributed by atoms with Crippen LogP contribution in [0.25, 0.3) is 0 Å². The molecule has 3 aliphatic rings. The highest BCUT2D eigenvalue weighted by Crippen LogP contribution is 2.36. The smallest absolute Gasteiger partial charge is 0.246 e. The fourth-order valence-electron chi connectivity index (χ4n) is 6.56. The van der Waals surface area contributed by atoms with Gasteiger partial charge in [-0.15, -0.1) is 0 Å². The van der Waals surface area contributed by atoms with Gasteiger partial charge in [-0.25, -0.2) is 0 Å². The number of piperazine rings is 1. The van der Waals surface area contributed by atoms with Crippen LogP contribution in [0.5, 0.6) is 11.5 Å². The van der Waals surface area contributed by atoms with E-state index >= 15 is 0 Å². The van der Waals surface area contributed by atoms with Crippen molar-refractivity contribution in [1.82, 2.24) is 15.1 Å². The summed E-state index contributed by atoms with van der Waals surface area (Å²) in [6.07, 6.45) is 13.0. The summed E-state index contributed by atoms with van der Waals surface area (Å²) in [4.78, 5) is 31.7. The number of amides is 2. The van der Waals surface area contributed by atoms with Gasteiger partial charge in [-0.1, -0.05) is 57.6 Å². The summed E-state index contributed by atoms with van der Waals surface area (Å²) in [6, 6.07) is 10.9. The summed E-state index contributed by atoms with van der Waals surface area (Å²) in [5.74, 6) is 1.91. The van der Waals surface area contributed by atoms with Crippen molar-refractivity contribution in [2.24, 2.45) is 5.92 Å². The van der Waals surface area contributed by atoms with Crippen LogP contribution in [0.15, 0.2) is 48.8 Å². The summed E-state index contributed by atoms with van der Waals surface area (Å²) < 4.78 is 6.50. The van der Waals surface area contributed by atoms with Gasteiger partial charge >= 0.3 is 0 Å². The predicted molar refractivity (Wildman–Crippen MR) is 149 cm³/mol. The van der Waals surface area contributed by atoms with Gasteiger partial charge in [0, 0.05) is 32.2 Å². The molecule has 0 bridgehead atoms. The predicted octanol–water partition coefficient (Wildman–Crippen LogP) is 4.54. The summed E-state index contributed by atoms with van der Waals surface area (Å²) in [7, 11) is 0. The number of unbranched alkanes of at least 4 members (excludes halogenated alkanes) is 1. The van der Waals surface area contributed by atoms with Crippen LogP contribution in [0.4, 0.5) is 0 Å². The Morgan fingerprint density at radius 1 is 1.05 bits per heavy atom. The quantitative estimate of drug-likeness (QED) is 0.377. The molecule has 0 unspecified atom stereocenters. The van der Waals surface area contributed by atoms with Crippen molar-refractivity contribution in [2.75, 3.05) is 19.6 Å². The second-order valence-electron chi connectivity index (χ2n) is 11.6. The molecule has 210 valence electrons. The van der Waals surface area contributed by atoms with E-state index in [1.165, 1.54) is 44.5 Å². The van der Waals surface area contributed by atoms with Crippen LogP contribution in [-0.2, 0) is 16.1 Å². The Bertz CT molecular complexity index is 1120.